The van der Waals surface area contributed by atoms with E-state index in [1.807, 2.05) is 31.4 Å². The Morgan fingerprint density at radius 3 is 2.70 bits per heavy atom. The highest BCUT2D eigenvalue weighted by Gasteiger charge is 2.42. The van der Waals surface area contributed by atoms with Crippen molar-refractivity contribution in [1.82, 2.24) is 20.2 Å². The Hall–Kier alpha value is -2.28. The number of hydrogen-bond donors (Lipinski definition) is 1. The summed E-state index contributed by atoms with van der Waals surface area (Å²) in [4.78, 5) is 37.3. The maximum absolute atomic E-state index is 13.3. The first-order chi connectivity index (χ1) is 13.0. The van der Waals surface area contributed by atoms with Gasteiger partial charge in [-0.25, -0.2) is 4.98 Å². The van der Waals surface area contributed by atoms with E-state index in [4.69, 9.17) is 0 Å². The Labute approximate surface area is 164 Å². The molecule has 1 saturated carbocycles. The zero-order valence-electron chi connectivity index (χ0n) is 15.9. The number of hydrogen-bond acceptors (Lipinski definition) is 5. The molecule has 0 bridgehead atoms. The van der Waals surface area contributed by atoms with Crippen LogP contribution in [0.2, 0.25) is 0 Å². The third kappa shape index (κ3) is 4.35. The molecule has 144 valence electrons. The summed E-state index contributed by atoms with van der Waals surface area (Å²) in [6.45, 7) is 4.16. The molecule has 1 atom stereocenters. The predicted octanol–water partition coefficient (Wildman–Crippen LogP) is 3.41. The van der Waals surface area contributed by atoms with Crippen molar-refractivity contribution in [2.24, 2.45) is 0 Å². The van der Waals surface area contributed by atoms with Crippen molar-refractivity contribution >= 4 is 23.2 Å². The summed E-state index contributed by atoms with van der Waals surface area (Å²) in [5, 5.41) is 5.15. The van der Waals surface area contributed by atoms with Gasteiger partial charge in [0.25, 0.3) is 5.91 Å². The number of rotatable bonds is 7. The van der Waals surface area contributed by atoms with Crippen molar-refractivity contribution < 1.29 is 9.59 Å². The first kappa shape index (κ1) is 19.5. The SMILES string of the molecule is CC[C@@](C)(C(=O)NC1CCCC1)N(Cc1cccs1)C(=O)c1cnccn1. The van der Waals surface area contributed by atoms with Gasteiger partial charge in [0.05, 0.1) is 12.7 Å². The van der Waals surface area contributed by atoms with Crippen molar-refractivity contribution in [3.63, 3.8) is 0 Å². The Bertz CT molecular complexity index is 760. The molecule has 1 fully saturated rings. The summed E-state index contributed by atoms with van der Waals surface area (Å²) in [7, 11) is 0. The van der Waals surface area contributed by atoms with E-state index in [0.29, 0.717) is 13.0 Å². The molecule has 7 heteroatoms. The molecule has 0 spiro atoms. The molecule has 0 aliphatic heterocycles. The number of amides is 2. The summed E-state index contributed by atoms with van der Waals surface area (Å²) >= 11 is 1.57. The molecule has 1 aliphatic carbocycles. The van der Waals surface area contributed by atoms with E-state index in [9.17, 15) is 9.59 Å². The van der Waals surface area contributed by atoms with Gasteiger partial charge in [-0.3, -0.25) is 14.6 Å². The molecule has 2 amide bonds. The molecule has 27 heavy (non-hydrogen) atoms. The summed E-state index contributed by atoms with van der Waals surface area (Å²) in [6, 6.07) is 4.14. The Morgan fingerprint density at radius 1 is 1.33 bits per heavy atom. The molecule has 0 saturated heterocycles. The highest BCUT2D eigenvalue weighted by Crippen LogP contribution is 2.27. The second kappa shape index (κ2) is 8.61. The fraction of sp³-hybridized carbons (Fsp3) is 0.500. The molecule has 3 rings (SSSR count). The maximum Gasteiger partial charge on any atom is 0.275 e. The minimum atomic E-state index is -0.957. The number of carbonyl (C=O) groups excluding carboxylic acids is 2. The van der Waals surface area contributed by atoms with Gasteiger partial charge < -0.3 is 10.2 Å². The molecule has 0 aromatic carbocycles. The minimum Gasteiger partial charge on any atom is -0.351 e. The second-order valence-electron chi connectivity index (χ2n) is 7.14. The zero-order chi connectivity index (χ0) is 19.3. The van der Waals surface area contributed by atoms with Crippen LogP contribution in [0.1, 0.15) is 61.3 Å². The summed E-state index contributed by atoms with van der Waals surface area (Å²) in [6.07, 6.45) is 9.31. The number of thiophene rings is 1. The van der Waals surface area contributed by atoms with Gasteiger partial charge in [-0.15, -0.1) is 11.3 Å². The number of aromatic nitrogens is 2. The van der Waals surface area contributed by atoms with Gasteiger partial charge in [-0.1, -0.05) is 25.8 Å². The van der Waals surface area contributed by atoms with E-state index < -0.39 is 5.54 Å². The van der Waals surface area contributed by atoms with Crippen LogP contribution in [0.15, 0.2) is 36.1 Å². The smallest absolute Gasteiger partial charge is 0.275 e. The summed E-state index contributed by atoms with van der Waals surface area (Å²) in [5.74, 6) is -0.367. The number of nitrogens with one attached hydrogen (secondary N) is 1. The largest absolute Gasteiger partial charge is 0.351 e. The van der Waals surface area contributed by atoms with Gasteiger partial charge in [-0.2, -0.15) is 0 Å². The van der Waals surface area contributed by atoms with E-state index in [2.05, 4.69) is 15.3 Å². The van der Waals surface area contributed by atoms with Crippen LogP contribution in [0.3, 0.4) is 0 Å². The van der Waals surface area contributed by atoms with Crippen LogP contribution in [0.25, 0.3) is 0 Å². The van der Waals surface area contributed by atoms with Crippen LogP contribution in [0.4, 0.5) is 0 Å². The van der Waals surface area contributed by atoms with Crippen LogP contribution in [0.5, 0.6) is 0 Å². The van der Waals surface area contributed by atoms with Crippen molar-refractivity contribution in [2.75, 3.05) is 0 Å². The minimum absolute atomic E-state index is 0.0919. The van der Waals surface area contributed by atoms with Crippen LogP contribution in [-0.4, -0.2) is 38.3 Å². The fourth-order valence-corrected chi connectivity index (χ4v) is 4.15. The molecule has 0 unspecified atom stereocenters. The Morgan fingerprint density at radius 2 is 2.11 bits per heavy atom. The molecular formula is C20H26N4O2S. The van der Waals surface area contributed by atoms with E-state index in [-0.39, 0.29) is 23.6 Å². The van der Waals surface area contributed by atoms with Gasteiger partial charge in [0.15, 0.2) is 0 Å². The van der Waals surface area contributed by atoms with E-state index in [0.717, 1.165) is 30.6 Å². The van der Waals surface area contributed by atoms with Crippen LogP contribution in [-0.2, 0) is 11.3 Å². The van der Waals surface area contributed by atoms with Crippen LogP contribution in [0, 0.1) is 0 Å². The quantitative estimate of drug-likeness (QED) is 0.791. The lowest BCUT2D eigenvalue weighted by Crippen LogP contribution is -2.59. The lowest BCUT2D eigenvalue weighted by atomic mass is 9.93. The average Bonchev–Trinajstić information content (AvgIpc) is 3.39. The van der Waals surface area contributed by atoms with Crippen molar-refractivity contribution in [3.05, 3.63) is 46.7 Å². The summed E-state index contributed by atoms with van der Waals surface area (Å²) in [5.41, 5.74) is -0.705. The van der Waals surface area contributed by atoms with Gasteiger partial charge >= 0.3 is 0 Å². The van der Waals surface area contributed by atoms with Crippen molar-refractivity contribution in [1.29, 1.82) is 0 Å². The van der Waals surface area contributed by atoms with Crippen molar-refractivity contribution in [3.8, 4) is 0 Å². The predicted molar refractivity (Wildman–Crippen MR) is 105 cm³/mol. The molecule has 2 heterocycles. The Kier molecular flexibility index (Phi) is 6.21. The summed E-state index contributed by atoms with van der Waals surface area (Å²) < 4.78 is 0. The standard InChI is InChI=1S/C20H26N4O2S/c1-3-20(2,19(26)23-15-7-4-5-8-15)24(14-16-9-6-12-27-16)18(25)17-13-21-10-11-22-17/h6,9-13,15H,3-5,7-8,14H2,1-2H3,(H,23,26)/t20-/m0/s1. The zero-order valence-corrected chi connectivity index (χ0v) is 16.7. The maximum atomic E-state index is 13.3. The Balaban J connectivity index is 1.90. The van der Waals surface area contributed by atoms with E-state index in [1.54, 1.807) is 16.2 Å². The number of carbonyl (C=O) groups is 2. The number of nitrogens with zero attached hydrogens (tertiary/aromatic N) is 3. The van der Waals surface area contributed by atoms with Gasteiger partial charge in [0.1, 0.15) is 11.2 Å². The highest BCUT2D eigenvalue weighted by atomic mass is 32.1. The van der Waals surface area contributed by atoms with Gasteiger partial charge in [0, 0.05) is 23.3 Å². The molecule has 2 aromatic heterocycles. The lowest BCUT2D eigenvalue weighted by molar-refractivity contribution is -0.132. The molecule has 1 N–H and O–H groups in total. The molecule has 2 aromatic rings. The molecule has 1 aliphatic rings. The van der Waals surface area contributed by atoms with E-state index >= 15 is 0 Å². The van der Waals surface area contributed by atoms with E-state index in [1.165, 1.54) is 18.6 Å². The first-order valence-electron chi connectivity index (χ1n) is 9.46. The topological polar surface area (TPSA) is 75.2 Å². The normalized spacial score (nSPS) is 16.7. The third-order valence-corrected chi connectivity index (χ3v) is 6.25. The lowest BCUT2D eigenvalue weighted by Gasteiger charge is -2.39. The molecule has 0 radical (unpaired) electrons. The second-order valence-corrected chi connectivity index (χ2v) is 8.18. The van der Waals surface area contributed by atoms with Crippen molar-refractivity contribution in [2.45, 2.75) is 64.1 Å². The van der Waals surface area contributed by atoms with Gasteiger partial charge in [-0.05, 0) is 37.6 Å². The van der Waals surface area contributed by atoms with Crippen LogP contribution >= 0.6 is 11.3 Å². The van der Waals surface area contributed by atoms with Gasteiger partial charge in [0.2, 0.25) is 5.91 Å². The monoisotopic (exact) mass is 386 g/mol. The molecular weight excluding hydrogens is 360 g/mol. The first-order valence-corrected chi connectivity index (χ1v) is 10.3. The fourth-order valence-electron chi connectivity index (χ4n) is 3.46. The average molecular weight is 387 g/mol. The third-order valence-electron chi connectivity index (χ3n) is 5.39. The molecule has 6 nitrogen and oxygen atoms in total. The highest BCUT2D eigenvalue weighted by molar-refractivity contribution is 7.09. The van der Waals surface area contributed by atoms with Crippen LogP contribution < -0.4 is 5.32 Å².